The lowest BCUT2D eigenvalue weighted by atomic mass is 10.0. The highest BCUT2D eigenvalue weighted by Gasteiger charge is 2.13. The molecular formula is C14H10ClFO. The van der Waals surface area contributed by atoms with Crippen LogP contribution in [0.3, 0.4) is 0 Å². The topological polar surface area (TPSA) is 17.1 Å². The molecule has 0 saturated carbocycles. The Labute approximate surface area is 104 Å². The Morgan fingerprint density at radius 3 is 2.35 bits per heavy atom. The Bertz CT molecular complexity index is 561. The second-order valence-corrected chi connectivity index (χ2v) is 4.26. The van der Waals surface area contributed by atoms with Crippen molar-refractivity contribution in [3.05, 3.63) is 70.0 Å². The summed E-state index contributed by atoms with van der Waals surface area (Å²) in [4.78, 5) is 12.0. The van der Waals surface area contributed by atoms with Crippen molar-refractivity contribution in [1.82, 2.24) is 0 Å². The van der Waals surface area contributed by atoms with Gasteiger partial charge in [-0.25, -0.2) is 4.39 Å². The van der Waals surface area contributed by atoms with Crippen LogP contribution in [0, 0.1) is 12.7 Å². The highest BCUT2D eigenvalue weighted by atomic mass is 35.5. The van der Waals surface area contributed by atoms with Gasteiger partial charge in [0.15, 0.2) is 5.78 Å². The van der Waals surface area contributed by atoms with E-state index in [0.717, 1.165) is 5.56 Å². The van der Waals surface area contributed by atoms with Crippen LogP contribution in [0.25, 0.3) is 0 Å². The molecule has 0 N–H and O–H groups in total. The van der Waals surface area contributed by atoms with Crippen LogP contribution in [-0.4, -0.2) is 5.78 Å². The first-order valence-electron chi connectivity index (χ1n) is 5.14. The van der Waals surface area contributed by atoms with Crippen LogP contribution >= 0.6 is 11.6 Å². The lowest BCUT2D eigenvalue weighted by molar-refractivity contribution is 0.103. The summed E-state index contributed by atoms with van der Waals surface area (Å²) in [5.41, 5.74) is 1.30. The van der Waals surface area contributed by atoms with E-state index in [1.54, 1.807) is 37.3 Å². The average molecular weight is 249 g/mol. The standard InChI is InChI=1S/C14H10ClFO/c1-9-2-7-12(13(16)8-9)14(17)10-3-5-11(15)6-4-10/h2-8H,1H3. The molecule has 0 atom stereocenters. The monoisotopic (exact) mass is 248 g/mol. The van der Waals surface area contributed by atoms with Crippen molar-refractivity contribution < 1.29 is 9.18 Å². The van der Waals surface area contributed by atoms with Gasteiger partial charge < -0.3 is 0 Å². The Morgan fingerprint density at radius 2 is 1.76 bits per heavy atom. The summed E-state index contributed by atoms with van der Waals surface area (Å²) in [5, 5.41) is 0.547. The Balaban J connectivity index is 2.40. The number of aryl methyl sites for hydroxylation is 1. The molecule has 0 amide bonds. The Morgan fingerprint density at radius 1 is 1.12 bits per heavy atom. The zero-order chi connectivity index (χ0) is 12.4. The molecule has 0 aliphatic rings. The maximum Gasteiger partial charge on any atom is 0.195 e. The molecule has 0 bridgehead atoms. The van der Waals surface area contributed by atoms with Gasteiger partial charge >= 0.3 is 0 Å². The minimum Gasteiger partial charge on any atom is -0.288 e. The quantitative estimate of drug-likeness (QED) is 0.734. The van der Waals surface area contributed by atoms with Crippen molar-refractivity contribution in [2.24, 2.45) is 0 Å². The van der Waals surface area contributed by atoms with Gasteiger partial charge in [0, 0.05) is 10.6 Å². The molecule has 2 aromatic rings. The van der Waals surface area contributed by atoms with Crippen LogP contribution in [0.15, 0.2) is 42.5 Å². The molecule has 0 aliphatic carbocycles. The normalized spacial score (nSPS) is 10.3. The van der Waals surface area contributed by atoms with Crippen LogP contribution in [-0.2, 0) is 0 Å². The van der Waals surface area contributed by atoms with Gasteiger partial charge in [-0.15, -0.1) is 0 Å². The number of benzene rings is 2. The summed E-state index contributed by atoms with van der Waals surface area (Å²) >= 11 is 5.73. The van der Waals surface area contributed by atoms with E-state index in [1.807, 2.05) is 0 Å². The van der Waals surface area contributed by atoms with Gasteiger partial charge in [0.1, 0.15) is 5.82 Å². The molecule has 86 valence electrons. The minimum absolute atomic E-state index is 0.0814. The molecule has 0 spiro atoms. The molecule has 2 aromatic carbocycles. The first-order valence-corrected chi connectivity index (χ1v) is 5.52. The summed E-state index contributed by atoms with van der Waals surface area (Å²) in [6, 6.07) is 11.0. The minimum atomic E-state index is -0.495. The molecule has 0 saturated heterocycles. The predicted octanol–water partition coefficient (Wildman–Crippen LogP) is 4.02. The number of ketones is 1. The molecule has 0 unspecified atom stereocenters. The largest absolute Gasteiger partial charge is 0.288 e. The lowest BCUT2D eigenvalue weighted by Crippen LogP contribution is -2.04. The SMILES string of the molecule is Cc1ccc(C(=O)c2ccc(Cl)cc2)c(F)c1. The molecule has 2 rings (SSSR count). The van der Waals surface area contributed by atoms with Crippen molar-refractivity contribution >= 4 is 17.4 Å². The first-order chi connectivity index (χ1) is 8.08. The van der Waals surface area contributed by atoms with Gasteiger partial charge in [-0.2, -0.15) is 0 Å². The fourth-order valence-electron chi connectivity index (χ4n) is 1.56. The number of carbonyl (C=O) groups excluding carboxylic acids is 1. The highest BCUT2D eigenvalue weighted by Crippen LogP contribution is 2.17. The van der Waals surface area contributed by atoms with E-state index in [0.29, 0.717) is 10.6 Å². The predicted molar refractivity (Wildman–Crippen MR) is 66.0 cm³/mol. The second-order valence-electron chi connectivity index (χ2n) is 3.82. The van der Waals surface area contributed by atoms with Gasteiger partial charge in [0.25, 0.3) is 0 Å². The third-order valence-electron chi connectivity index (χ3n) is 2.48. The van der Waals surface area contributed by atoms with E-state index in [2.05, 4.69) is 0 Å². The zero-order valence-electron chi connectivity index (χ0n) is 9.21. The average Bonchev–Trinajstić information content (AvgIpc) is 2.29. The van der Waals surface area contributed by atoms with E-state index in [-0.39, 0.29) is 11.3 Å². The van der Waals surface area contributed by atoms with Crippen LogP contribution in [0.1, 0.15) is 21.5 Å². The Kier molecular flexibility index (Phi) is 3.25. The van der Waals surface area contributed by atoms with Gasteiger partial charge in [-0.3, -0.25) is 4.79 Å². The van der Waals surface area contributed by atoms with E-state index < -0.39 is 5.82 Å². The third-order valence-corrected chi connectivity index (χ3v) is 2.73. The van der Waals surface area contributed by atoms with Crippen molar-refractivity contribution in [3.8, 4) is 0 Å². The summed E-state index contributed by atoms with van der Waals surface area (Å²) in [6.07, 6.45) is 0. The van der Waals surface area contributed by atoms with Gasteiger partial charge in [0.05, 0.1) is 5.56 Å². The zero-order valence-corrected chi connectivity index (χ0v) is 9.96. The smallest absolute Gasteiger partial charge is 0.195 e. The van der Waals surface area contributed by atoms with Crippen LogP contribution in [0.4, 0.5) is 4.39 Å². The molecule has 0 fully saturated rings. The molecule has 0 heterocycles. The number of hydrogen-bond donors (Lipinski definition) is 0. The molecule has 17 heavy (non-hydrogen) atoms. The number of halogens is 2. The van der Waals surface area contributed by atoms with Crippen molar-refractivity contribution in [2.45, 2.75) is 6.92 Å². The maximum absolute atomic E-state index is 13.6. The summed E-state index contributed by atoms with van der Waals surface area (Å²) < 4.78 is 13.6. The number of rotatable bonds is 2. The van der Waals surface area contributed by atoms with E-state index in [9.17, 15) is 9.18 Å². The van der Waals surface area contributed by atoms with Crippen molar-refractivity contribution in [2.75, 3.05) is 0 Å². The molecule has 1 nitrogen and oxygen atoms in total. The highest BCUT2D eigenvalue weighted by molar-refractivity contribution is 6.30. The van der Waals surface area contributed by atoms with Crippen molar-refractivity contribution in [3.63, 3.8) is 0 Å². The van der Waals surface area contributed by atoms with E-state index in [1.165, 1.54) is 12.1 Å². The van der Waals surface area contributed by atoms with E-state index >= 15 is 0 Å². The van der Waals surface area contributed by atoms with Gasteiger partial charge in [-0.1, -0.05) is 17.7 Å². The summed E-state index contributed by atoms with van der Waals surface area (Å²) in [5.74, 6) is -0.830. The molecule has 0 aliphatic heterocycles. The maximum atomic E-state index is 13.6. The lowest BCUT2D eigenvalue weighted by Gasteiger charge is -2.03. The second kappa shape index (κ2) is 4.68. The van der Waals surface area contributed by atoms with E-state index in [4.69, 9.17) is 11.6 Å². The fraction of sp³-hybridized carbons (Fsp3) is 0.0714. The van der Waals surface area contributed by atoms with Crippen molar-refractivity contribution in [1.29, 1.82) is 0 Å². The summed E-state index contributed by atoms with van der Waals surface area (Å²) in [7, 11) is 0. The van der Waals surface area contributed by atoms with Gasteiger partial charge in [-0.05, 0) is 48.9 Å². The number of carbonyl (C=O) groups is 1. The Hall–Kier alpha value is -1.67. The molecule has 3 heteroatoms. The van der Waals surface area contributed by atoms with Crippen LogP contribution < -0.4 is 0 Å². The van der Waals surface area contributed by atoms with Crippen LogP contribution in [0.5, 0.6) is 0 Å². The molecular weight excluding hydrogens is 239 g/mol. The number of hydrogen-bond acceptors (Lipinski definition) is 1. The van der Waals surface area contributed by atoms with Gasteiger partial charge in [0.2, 0.25) is 0 Å². The molecule has 0 radical (unpaired) electrons. The molecule has 0 aromatic heterocycles. The van der Waals surface area contributed by atoms with Crippen LogP contribution in [0.2, 0.25) is 5.02 Å². The third kappa shape index (κ3) is 2.53. The summed E-state index contributed by atoms with van der Waals surface area (Å²) in [6.45, 7) is 1.78. The fourth-order valence-corrected chi connectivity index (χ4v) is 1.69. The first kappa shape index (κ1) is 11.8.